The van der Waals surface area contributed by atoms with Gasteiger partial charge in [-0.15, -0.1) is 0 Å². The number of carbonyl (C=O) groups is 1. The van der Waals surface area contributed by atoms with E-state index in [1.807, 2.05) is 20.8 Å². The van der Waals surface area contributed by atoms with Crippen molar-refractivity contribution in [2.24, 2.45) is 0 Å². The predicted molar refractivity (Wildman–Crippen MR) is 66.1 cm³/mol. The van der Waals surface area contributed by atoms with Gasteiger partial charge in [0.1, 0.15) is 5.60 Å². The summed E-state index contributed by atoms with van der Waals surface area (Å²) in [5.74, 6) is -0.0145. The Kier molecular flexibility index (Phi) is 4.51. The zero-order chi connectivity index (χ0) is 12.2. The van der Waals surface area contributed by atoms with Crippen molar-refractivity contribution in [3.8, 4) is 0 Å². The van der Waals surface area contributed by atoms with Crippen LogP contribution in [0.15, 0.2) is 24.3 Å². The van der Waals surface area contributed by atoms with Gasteiger partial charge in [-0.3, -0.25) is 4.79 Å². The summed E-state index contributed by atoms with van der Waals surface area (Å²) in [6.07, 6.45) is 0.645. The molecule has 0 amide bonds. The Balaban J connectivity index is 3.00. The third-order valence-corrected chi connectivity index (χ3v) is 2.94. The van der Waals surface area contributed by atoms with E-state index in [-0.39, 0.29) is 5.78 Å². The molecule has 0 spiro atoms. The zero-order valence-electron chi connectivity index (χ0n) is 9.92. The van der Waals surface area contributed by atoms with Gasteiger partial charge in [0, 0.05) is 17.2 Å². The minimum Gasteiger partial charge on any atom is -0.367 e. The molecule has 0 aliphatic heterocycles. The van der Waals surface area contributed by atoms with Crippen LogP contribution in [0.3, 0.4) is 0 Å². The third kappa shape index (κ3) is 2.83. The van der Waals surface area contributed by atoms with E-state index < -0.39 is 5.60 Å². The van der Waals surface area contributed by atoms with E-state index in [1.165, 1.54) is 0 Å². The minimum absolute atomic E-state index is 0.0145. The van der Waals surface area contributed by atoms with E-state index in [2.05, 4.69) is 0 Å². The lowest BCUT2D eigenvalue weighted by atomic mass is 9.92. The molecular formula is C13H17ClO2. The van der Waals surface area contributed by atoms with Crippen LogP contribution in [-0.4, -0.2) is 18.0 Å². The smallest absolute Gasteiger partial charge is 0.194 e. The van der Waals surface area contributed by atoms with Crippen molar-refractivity contribution < 1.29 is 9.53 Å². The van der Waals surface area contributed by atoms with Gasteiger partial charge in [0.25, 0.3) is 0 Å². The molecule has 0 saturated heterocycles. The highest BCUT2D eigenvalue weighted by molar-refractivity contribution is 6.31. The van der Waals surface area contributed by atoms with Gasteiger partial charge in [-0.2, -0.15) is 0 Å². The molecule has 0 aromatic heterocycles. The summed E-state index contributed by atoms with van der Waals surface area (Å²) >= 11 is 5.87. The second-order valence-corrected chi connectivity index (χ2v) is 4.29. The molecule has 3 heteroatoms. The number of ether oxygens (including phenoxy) is 1. The monoisotopic (exact) mass is 240 g/mol. The van der Waals surface area contributed by atoms with Crippen LogP contribution in [0.25, 0.3) is 0 Å². The van der Waals surface area contributed by atoms with Crippen LogP contribution >= 0.6 is 11.6 Å². The van der Waals surface area contributed by atoms with Gasteiger partial charge in [0.2, 0.25) is 0 Å². The molecule has 1 rings (SSSR count). The van der Waals surface area contributed by atoms with Crippen LogP contribution in [0.1, 0.15) is 37.6 Å². The Morgan fingerprint density at radius 2 is 2.12 bits per heavy atom. The summed E-state index contributed by atoms with van der Waals surface area (Å²) < 4.78 is 5.54. The number of ketones is 1. The summed E-state index contributed by atoms with van der Waals surface area (Å²) in [6.45, 7) is 6.17. The average Bonchev–Trinajstić information content (AvgIpc) is 2.28. The number of rotatable bonds is 5. The van der Waals surface area contributed by atoms with E-state index in [0.717, 1.165) is 0 Å². The Labute approximate surface area is 102 Å². The van der Waals surface area contributed by atoms with Gasteiger partial charge in [-0.05, 0) is 32.4 Å². The van der Waals surface area contributed by atoms with Crippen LogP contribution in [-0.2, 0) is 4.74 Å². The Morgan fingerprint density at radius 3 is 2.62 bits per heavy atom. The number of carbonyl (C=O) groups excluding carboxylic acids is 1. The molecular weight excluding hydrogens is 224 g/mol. The first-order chi connectivity index (χ1) is 7.53. The average molecular weight is 241 g/mol. The molecule has 0 aliphatic carbocycles. The molecule has 1 aromatic carbocycles. The maximum Gasteiger partial charge on any atom is 0.194 e. The Bertz CT molecular complexity index is 376. The molecule has 0 saturated carbocycles. The largest absolute Gasteiger partial charge is 0.367 e. The van der Waals surface area contributed by atoms with E-state index in [0.29, 0.717) is 23.6 Å². The first kappa shape index (κ1) is 13.2. The quantitative estimate of drug-likeness (QED) is 0.733. The molecule has 2 nitrogen and oxygen atoms in total. The lowest BCUT2D eigenvalue weighted by Crippen LogP contribution is -2.37. The van der Waals surface area contributed by atoms with E-state index in [1.54, 1.807) is 24.3 Å². The fourth-order valence-electron chi connectivity index (χ4n) is 1.58. The minimum atomic E-state index is -0.751. The van der Waals surface area contributed by atoms with Crippen molar-refractivity contribution in [3.05, 3.63) is 34.9 Å². The lowest BCUT2D eigenvalue weighted by Gasteiger charge is -2.26. The van der Waals surface area contributed by atoms with Crippen molar-refractivity contribution in [1.29, 1.82) is 0 Å². The van der Waals surface area contributed by atoms with Gasteiger partial charge < -0.3 is 4.74 Å². The van der Waals surface area contributed by atoms with Crippen molar-refractivity contribution in [1.82, 2.24) is 0 Å². The molecule has 0 N–H and O–H groups in total. The number of halogens is 1. The molecule has 1 atom stereocenters. The van der Waals surface area contributed by atoms with Gasteiger partial charge in [0.05, 0.1) is 0 Å². The van der Waals surface area contributed by atoms with E-state index in [4.69, 9.17) is 16.3 Å². The number of benzene rings is 1. The third-order valence-electron chi connectivity index (χ3n) is 2.70. The molecule has 0 fully saturated rings. The first-order valence-corrected chi connectivity index (χ1v) is 5.85. The van der Waals surface area contributed by atoms with Crippen molar-refractivity contribution in [2.45, 2.75) is 32.8 Å². The molecule has 88 valence electrons. The maximum absolute atomic E-state index is 12.3. The van der Waals surface area contributed by atoms with Crippen LogP contribution in [0.2, 0.25) is 5.02 Å². The Hall–Kier alpha value is -0.860. The Morgan fingerprint density at radius 1 is 1.44 bits per heavy atom. The molecule has 0 aliphatic rings. The highest BCUT2D eigenvalue weighted by Gasteiger charge is 2.32. The number of hydrogen-bond donors (Lipinski definition) is 0. The van der Waals surface area contributed by atoms with Crippen molar-refractivity contribution >= 4 is 17.4 Å². The molecule has 1 unspecified atom stereocenters. The van der Waals surface area contributed by atoms with Gasteiger partial charge in [-0.25, -0.2) is 0 Å². The second-order valence-electron chi connectivity index (χ2n) is 3.86. The standard InChI is InChI=1S/C13H17ClO2/c1-4-13(3,16-5-2)12(15)10-7-6-8-11(14)9-10/h6-9H,4-5H2,1-3H3. The zero-order valence-corrected chi connectivity index (χ0v) is 10.7. The molecule has 16 heavy (non-hydrogen) atoms. The highest BCUT2D eigenvalue weighted by atomic mass is 35.5. The predicted octanol–water partition coefficient (Wildman–Crippen LogP) is 3.73. The molecule has 0 bridgehead atoms. The maximum atomic E-state index is 12.3. The van der Waals surface area contributed by atoms with Gasteiger partial charge in [-0.1, -0.05) is 30.7 Å². The van der Waals surface area contributed by atoms with Crippen LogP contribution in [0.4, 0.5) is 0 Å². The molecule has 1 aromatic rings. The van der Waals surface area contributed by atoms with Crippen LogP contribution < -0.4 is 0 Å². The van der Waals surface area contributed by atoms with E-state index in [9.17, 15) is 4.79 Å². The van der Waals surface area contributed by atoms with E-state index >= 15 is 0 Å². The number of hydrogen-bond acceptors (Lipinski definition) is 2. The summed E-state index contributed by atoms with van der Waals surface area (Å²) in [4.78, 5) is 12.3. The number of Topliss-reactive ketones (excluding diaryl/α,β-unsaturated/α-hetero) is 1. The van der Waals surface area contributed by atoms with Crippen molar-refractivity contribution in [2.75, 3.05) is 6.61 Å². The summed E-state index contributed by atoms with van der Waals surface area (Å²) in [6, 6.07) is 6.97. The highest BCUT2D eigenvalue weighted by Crippen LogP contribution is 2.23. The fraction of sp³-hybridized carbons (Fsp3) is 0.462. The van der Waals surface area contributed by atoms with Crippen LogP contribution in [0, 0.1) is 0 Å². The van der Waals surface area contributed by atoms with Crippen molar-refractivity contribution in [3.63, 3.8) is 0 Å². The lowest BCUT2D eigenvalue weighted by molar-refractivity contribution is -0.0116. The van der Waals surface area contributed by atoms with Gasteiger partial charge >= 0.3 is 0 Å². The van der Waals surface area contributed by atoms with Gasteiger partial charge in [0.15, 0.2) is 5.78 Å². The topological polar surface area (TPSA) is 26.3 Å². The summed E-state index contributed by atoms with van der Waals surface area (Å²) in [5, 5.41) is 0.570. The van der Waals surface area contributed by atoms with Crippen LogP contribution in [0.5, 0.6) is 0 Å². The normalized spacial score (nSPS) is 14.5. The SMILES string of the molecule is CCOC(C)(CC)C(=O)c1cccc(Cl)c1. The molecule has 0 heterocycles. The summed E-state index contributed by atoms with van der Waals surface area (Å²) in [5.41, 5.74) is -0.148. The fourth-order valence-corrected chi connectivity index (χ4v) is 1.77. The first-order valence-electron chi connectivity index (χ1n) is 5.48. The molecule has 0 radical (unpaired) electrons. The summed E-state index contributed by atoms with van der Waals surface area (Å²) in [7, 11) is 0. The second kappa shape index (κ2) is 5.46.